The van der Waals surface area contributed by atoms with Crippen LogP contribution in [-0.4, -0.2) is 86.9 Å². The monoisotopic (exact) mass is 495 g/mol. The normalized spacial score (nSPS) is 21.6. The summed E-state index contributed by atoms with van der Waals surface area (Å²) in [5, 5.41) is 7.12. The fourth-order valence-corrected chi connectivity index (χ4v) is 4.03. The number of nitrogens with zero attached hydrogens (tertiary/aromatic N) is 3. The maximum atomic E-state index is 5.51. The van der Waals surface area contributed by atoms with Crippen LogP contribution in [0.1, 0.15) is 47.0 Å². The predicted octanol–water partition coefficient (Wildman–Crippen LogP) is 2.39. The molecule has 0 aromatic heterocycles. The molecule has 0 aliphatic carbocycles. The van der Waals surface area contributed by atoms with Crippen molar-refractivity contribution in [3.63, 3.8) is 0 Å². The Morgan fingerprint density at radius 2 is 1.67 bits per heavy atom. The molecule has 1 atom stereocenters. The van der Waals surface area contributed by atoms with Crippen molar-refractivity contribution in [1.29, 1.82) is 0 Å². The van der Waals surface area contributed by atoms with Crippen LogP contribution in [0.5, 0.6) is 0 Å². The van der Waals surface area contributed by atoms with Crippen LogP contribution in [0.2, 0.25) is 0 Å². The van der Waals surface area contributed by atoms with E-state index in [-0.39, 0.29) is 29.5 Å². The fourth-order valence-electron chi connectivity index (χ4n) is 4.03. The maximum absolute atomic E-state index is 5.51. The number of halogens is 1. The number of hydrogen-bond acceptors (Lipinski definition) is 4. The second-order valence-corrected chi connectivity index (χ2v) is 8.63. The van der Waals surface area contributed by atoms with E-state index in [1.54, 1.807) is 0 Å². The Balaban J connectivity index is 0.00000364. The smallest absolute Gasteiger partial charge is 0.191 e. The first-order valence-corrected chi connectivity index (χ1v) is 10.5. The van der Waals surface area contributed by atoms with E-state index in [4.69, 9.17) is 4.74 Å². The van der Waals surface area contributed by atoms with Gasteiger partial charge in [0.15, 0.2) is 5.96 Å². The summed E-state index contributed by atoms with van der Waals surface area (Å²) in [6.45, 7) is 17.3. The number of rotatable bonds is 7. The average molecular weight is 495 g/mol. The van der Waals surface area contributed by atoms with Gasteiger partial charge in [-0.15, -0.1) is 24.0 Å². The largest absolute Gasteiger partial charge is 0.379 e. The maximum Gasteiger partial charge on any atom is 0.191 e. The first-order valence-electron chi connectivity index (χ1n) is 10.5. The van der Waals surface area contributed by atoms with E-state index in [0.717, 1.165) is 45.4 Å². The van der Waals surface area contributed by atoms with E-state index in [2.05, 4.69) is 53.1 Å². The van der Waals surface area contributed by atoms with Crippen LogP contribution in [0.15, 0.2) is 4.99 Å². The minimum atomic E-state index is 0. The van der Waals surface area contributed by atoms with Crippen molar-refractivity contribution in [3.05, 3.63) is 0 Å². The van der Waals surface area contributed by atoms with E-state index < -0.39 is 0 Å². The SMILES string of the molecule is CN=C(NCC(C(C)C)N1CCOCC1)NCC(C)(C)N1CCCCC1.I. The predicted molar refractivity (Wildman–Crippen MR) is 125 cm³/mol. The molecule has 6 nitrogen and oxygen atoms in total. The van der Waals surface area contributed by atoms with Gasteiger partial charge in [-0.25, -0.2) is 0 Å². The van der Waals surface area contributed by atoms with E-state index in [0.29, 0.717) is 12.0 Å². The van der Waals surface area contributed by atoms with E-state index >= 15 is 0 Å². The zero-order valence-corrected chi connectivity index (χ0v) is 20.4. The molecule has 2 rings (SSSR count). The average Bonchev–Trinajstić information content (AvgIpc) is 2.65. The first-order chi connectivity index (χ1) is 12.4. The van der Waals surface area contributed by atoms with Gasteiger partial charge in [0, 0.05) is 44.8 Å². The van der Waals surface area contributed by atoms with Crippen molar-refractivity contribution < 1.29 is 4.74 Å². The molecule has 0 amide bonds. The molecule has 7 heteroatoms. The molecule has 2 N–H and O–H groups in total. The zero-order chi connectivity index (χ0) is 19.0. The molecular formula is C20H42IN5O. The lowest BCUT2D eigenvalue weighted by atomic mass is 9.98. The molecule has 0 aromatic rings. The van der Waals surface area contributed by atoms with Gasteiger partial charge in [-0.05, 0) is 45.7 Å². The summed E-state index contributed by atoms with van der Waals surface area (Å²) in [7, 11) is 1.86. The number of likely N-dealkylation sites (tertiary alicyclic amines) is 1. The Morgan fingerprint density at radius 1 is 1.04 bits per heavy atom. The molecule has 0 bridgehead atoms. The van der Waals surface area contributed by atoms with Gasteiger partial charge >= 0.3 is 0 Å². The van der Waals surface area contributed by atoms with Crippen molar-refractivity contribution in [2.45, 2.75) is 58.5 Å². The number of ether oxygens (including phenoxy) is 1. The molecule has 0 spiro atoms. The second-order valence-electron chi connectivity index (χ2n) is 8.63. The van der Waals surface area contributed by atoms with Crippen LogP contribution in [0, 0.1) is 5.92 Å². The molecular weight excluding hydrogens is 453 g/mol. The van der Waals surface area contributed by atoms with Crippen LogP contribution in [0.3, 0.4) is 0 Å². The molecule has 0 saturated carbocycles. The topological polar surface area (TPSA) is 52.1 Å². The highest BCUT2D eigenvalue weighted by molar-refractivity contribution is 14.0. The van der Waals surface area contributed by atoms with Gasteiger partial charge in [-0.2, -0.15) is 0 Å². The Morgan fingerprint density at radius 3 is 2.22 bits per heavy atom. The van der Waals surface area contributed by atoms with Crippen molar-refractivity contribution >= 4 is 29.9 Å². The summed E-state index contributed by atoms with van der Waals surface area (Å²) in [5.41, 5.74) is 0.152. The van der Waals surface area contributed by atoms with Crippen molar-refractivity contribution in [3.8, 4) is 0 Å². The van der Waals surface area contributed by atoms with Gasteiger partial charge in [-0.3, -0.25) is 14.8 Å². The van der Waals surface area contributed by atoms with E-state index in [9.17, 15) is 0 Å². The molecule has 27 heavy (non-hydrogen) atoms. The molecule has 0 aromatic carbocycles. The van der Waals surface area contributed by atoms with Crippen molar-refractivity contribution in [2.75, 3.05) is 59.5 Å². The van der Waals surface area contributed by atoms with Gasteiger partial charge in [0.1, 0.15) is 0 Å². The van der Waals surface area contributed by atoms with Crippen LogP contribution in [0.25, 0.3) is 0 Å². The van der Waals surface area contributed by atoms with Gasteiger partial charge in [0.05, 0.1) is 13.2 Å². The summed E-state index contributed by atoms with van der Waals surface area (Å²) < 4.78 is 5.51. The summed E-state index contributed by atoms with van der Waals surface area (Å²) in [4.78, 5) is 9.61. The number of nitrogens with one attached hydrogen (secondary N) is 2. The number of guanidine groups is 1. The number of morpholine rings is 1. The Kier molecular flexibility index (Phi) is 11.5. The van der Waals surface area contributed by atoms with Crippen LogP contribution in [0.4, 0.5) is 0 Å². The summed E-state index contributed by atoms with van der Waals surface area (Å²) in [6, 6.07) is 0.507. The number of aliphatic imine (C=N–C) groups is 1. The summed E-state index contributed by atoms with van der Waals surface area (Å²) in [5.74, 6) is 1.51. The van der Waals surface area contributed by atoms with E-state index in [1.807, 2.05) is 7.05 Å². The molecule has 2 aliphatic rings. The Bertz CT molecular complexity index is 432. The van der Waals surface area contributed by atoms with Crippen LogP contribution >= 0.6 is 24.0 Å². The lowest BCUT2D eigenvalue weighted by Gasteiger charge is -2.41. The molecule has 2 heterocycles. The highest BCUT2D eigenvalue weighted by Gasteiger charge is 2.28. The summed E-state index contributed by atoms with van der Waals surface area (Å²) >= 11 is 0. The molecule has 2 fully saturated rings. The van der Waals surface area contributed by atoms with Gasteiger partial charge in [-0.1, -0.05) is 20.3 Å². The minimum absolute atomic E-state index is 0. The first kappa shape index (κ1) is 24.9. The molecule has 1 unspecified atom stereocenters. The zero-order valence-electron chi connectivity index (χ0n) is 18.1. The third-order valence-corrected chi connectivity index (χ3v) is 5.89. The van der Waals surface area contributed by atoms with Crippen molar-refractivity contribution in [2.24, 2.45) is 10.9 Å². The highest BCUT2D eigenvalue weighted by atomic mass is 127. The Hall–Kier alpha value is -0.120. The standard InChI is InChI=1S/C20H41N5O.HI/c1-17(2)18(24-11-13-26-14-12-24)15-22-19(21-5)23-16-20(3,4)25-9-7-6-8-10-25;/h17-18H,6-16H2,1-5H3,(H2,21,22,23);1H. The second kappa shape index (κ2) is 12.4. The molecule has 2 saturated heterocycles. The fraction of sp³-hybridized carbons (Fsp3) is 0.950. The van der Waals surface area contributed by atoms with Gasteiger partial charge < -0.3 is 15.4 Å². The quantitative estimate of drug-likeness (QED) is 0.323. The highest BCUT2D eigenvalue weighted by Crippen LogP contribution is 2.19. The van der Waals surface area contributed by atoms with Crippen molar-refractivity contribution in [1.82, 2.24) is 20.4 Å². The third-order valence-electron chi connectivity index (χ3n) is 5.89. The van der Waals surface area contributed by atoms with Gasteiger partial charge in [0.25, 0.3) is 0 Å². The lowest BCUT2D eigenvalue weighted by molar-refractivity contribution is 0.00750. The number of hydrogen-bond donors (Lipinski definition) is 2. The van der Waals surface area contributed by atoms with Crippen LogP contribution in [-0.2, 0) is 4.74 Å². The summed E-state index contributed by atoms with van der Waals surface area (Å²) in [6.07, 6.45) is 4.03. The molecule has 0 radical (unpaired) electrons. The Labute approximate surface area is 183 Å². The lowest BCUT2D eigenvalue weighted by Crippen LogP contribution is -2.56. The van der Waals surface area contributed by atoms with Gasteiger partial charge in [0.2, 0.25) is 0 Å². The van der Waals surface area contributed by atoms with E-state index in [1.165, 1.54) is 32.4 Å². The molecule has 2 aliphatic heterocycles. The number of piperidine rings is 1. The minimum Gasteiger partial charge on any atom is -0.379 e. The third kappa shape index (κ3) is 8.03. The van der Waals surface area contributed by atoms with Crippen LogP contribution < -0.4 is 10.6 Å². The molecule has 160 valence electrons.